The molecule has 0 aromatic heterocycles. The quantitative estimate of drug-likeness (QED) is 0.877. The Morgan fingerprint density at radius 1 is 1.23 bits per heavy atom. The fourth-order valence-electron chi connectivity index (χ4n) is 2.52. The maximum absolute atomic E-state index is 13.9. The summed E-state index contributed by atoms with van der Waals surface area (Å²) in [6, 6.07) is 4.08. The SMILES string of the molecule is NC[C@@H]1CN(c2cc(F)cc(N3CCOCC3=O)c2)C(=O)O1. The van der Waals surface area contributed by atoms with Gasteiger partial charge in [0.05, 0.1) is 18.8 Å². The maximum Gasteiger partial charge on any atom is 0.414 e. The number of carbonyl (C=O) groups excluding carboxylic acids is 2. The number of ether oxygens (including phenoxy) is 2. The molecule has 0 saturated carbocycles. The van der Waals surface area contributed by atoms with Crippen LogP contribution in [0.4, 0.5) is 20.6 Å². The Morgan fingerprint density at radius 2 is 1.95 bits per heavy atom. The molecular weight excluding hydrogens is 293 g/mol. The number of benzene rings is 1. The standard InChI is InChI=1S/C14H16FN3O4/c15-9-3-10(17-1-2-21-8-13(17)19)5-11(4-9)18-7-12(6-16)22-14(18)20/h3-5,12H,1-2,6-8,16H2/t12-/m1/s1. The number of halogens is 1. The summed E-state index contributed by atoms with van der Waals surface area (Å²) >= 11 is 0. The minimum absolute atomic E-state index is 0.0349. The van der Waals surface area contributed by atoms with E-state index in [1.54, 1.807) is 6.07 Å². The van der Waals surface area contributed by atoms with Crippen molar-refractivity contribution in [1.29, 1.82) is 0 Å². The van der Waals surface area contributed by atoms with Gasteiger partial charge in [-0.15, -0.1) is 0 Å². The van der Waals surface area contributed by atoms with Crippen molar-refractivity contribution in [2.45, 2.75) is 6.10 Å². The average molecular weight is 309 g/mol. The summed E-state index contributed by atoms with van der Waals surface area (Å²) in [6.45, 7) is 1.16. The third kappa shape index (κ3) is 2.75. The van der Waals surface area contributed by atoms with E-state index in [1.807, 2.05) is 0 Å². The second-order valence-corrected chi connectivity index (χ2v) is 5.12. The van der Waals surface area contributed by atoms with Crippen LogP contribution >= 0.6 is 0 Å². The van der Waals surface area contributed by atoms with Crippen LogP contribution in [-0.4, -0.2) is 51.0 Å². The lowest BCUT2D eigenvalue weighted by Crippen LogP contribution is -2.41. The molecule has 118 valence electrons. The van der Waals surface area contributed by atoms with Gasteiger partial charge in [-0.1, -0.05) is 0 Å². The van der Waals surface area contributed by atoms with Crippen LogP contribution in [0.3, 0.4) is 0 Å². The van der Waals surface area contributed by atoms with E-state index < -0.39 is 18.0 Å². The molecule has 0 radical (unpaired) electrons. The molecule has 2 amide bonds. The van der Waals surface area contributed by atoms with Crippen LogP contribution in [0.1, 0.15) is 0 Å². The molecule has 2 N–H and O–H groups in total. The molecule has 0 aliphatic carbocycles. The van der Waals surface area contributed by atoms with Gasteiger partial charge in [0, 0.05) is 18.8 Å². The van der Waals surface area contributed by atoms with Gasteiger partial charge in [-0.05, 0) is 18.2 Å². The molecule has 3 rings (SSSR count). The molecule has 2 aliphatic rings. The molecule has 7 nitrogen and oxygen atoms in total. The summed E-state index contributed by atoms with van der Waals surface area (Å²) in [5.41, 5.74) is 6.22. The van der Waals surface area contributed by atoms with Crippen molar-refractivity contribution in [3.05, 3.63) is 24.0 Å². The lowest BCUT2D eigenvalue weighted by atomic mass is 10.2. The number of anilines is 2. The normalized spacial score (nSPS) is 22.2. The van der Waals surface area contributed by atoms with Crippen LogP contribution in [0.2, 0.25) is 0 Å². The first kappa shape index (κ1) is 14.7. The number of nitrogens with two attached hydrogens (primary N) is 1. The molecule has 2 fully saturated rings. The Morgan fingerprint density at radius 3 is 2.59 bits per heavy atom. The van der Waals surface area contributed by atoms with Gasteiger partial charge < -0.3 is 20.1 Å². The zero-order valence-corrected chi connectivity index (χ0v) is 11.8. The number of morpholine rings is 1. The van der Waals surface area contributed by atoms with Crippen molar-refractivity contribution < 1.29 is 23.5 Å². The van der Waals surface area contributed by atoms with E-state index in [2.05, 4.69) is 0 Å². The molecule has 0 unspecified atom stereocenters. The number of rotatable bonds is 3. The molecule has 1 aromatic rings. The smallest absolute Gasteiger partial charge is 0.414 e. The summed E-state index contributed by atoms with van der Waals surface area (Å²) in [5.74, 6) is -0.776. The molecule has 0 bridgehead atoms. The average Bonchev–Trinajstić information content (AvgIpc) is 2.88. The second kappa shape index (κ2) is 5.90. The summed E-state index contributed by atoms with van der Waals surface area (Å²) in [6.07, 6.45) is -0.982. The van der Waals surface area contributed by atoms with Crippen molar-refractivity contribution >= 4 is 23.4 Å². The number of nitrogens with zero attached hydrogens (tertiary/aromatic N) is 2. The van der Waals surface area contributed by atoms with Gasteiger partial charge in [0.1, 0.15) is 18.5 Å². The van der Waals surface area contributed by atoms with Crippen molar-refractivity contribution in [3.63, 3.8) is 0 Å². The molecule has 8 heteroatoms. The van der Waals surface area contributed by atoms with Crippen LogP contribution in [0, 0.1) is 5.82 Å². The van der Waals surface area contributed by atoms with Crippen LogP contribution in [0.25, 0.3) is 0 Å². The molecule has 2 heterocycles. The van der Waals surface area contributed by atoms with E-state index in [9.17, 15) is 14.0 Å². The molecule has 2 aliphatic heterocycles. The highest BCUT2D eigenvalue weighted by atomic mass is 19.1. The largest absolute Gasteiger partial charge is 0.443 e. The number of hydrogen-bond donors (Lipinski definition) is 1. The fourth-order valence-corrected chi connectivity index (χ4v) is 2.52. The van der Waals surface area contributed by atoms with Crippen molar-refractivity contribution in [1.82, 2.24) is 0 Å². The van der Waals surface area contributed by atoms with Crippen molar-refractivity contribution in [2.75, 3.05) is 42.6 Å². The lowest BCUT2D eigenvalue weighted by Gasteiger charge is -2.27. The zero-order valence-electron chi connectivity index (χ0n) is 11.8. The molecular formula is C14H16FN3O4. The first-order valence-corrected chi connectivity index (χ1v) is 6.95. The summed E-state index contributed by atoms with van der Waals surface area (Å²) in [7, 11) is 0. The molecule has 0 spiro atoms. The van der Waals surface area contributed by atoms with Gasteiger partial charge in [-0.3, -0.25) is 9.69 Å². The Hall–Kier alpha value is -2.19. The fraction of sp³-hybridized carbons (Fsp3) is 0.429. The monoisotopic (exact) mass is 309 g/mol. The van der Waals surface area contributed by atoms with Crippen LogP contribution in [-0.2, 0) is 14.3 Å². The predicted molar refractivity (Wildman–Crippen MR) is 76.2 cm³/mol. The first-order chi connectivity index (χ1) is 10.6. The Kier molecular flexibility index (Phi) is 3.95. The zero-order chi connectivity index (χ0) is 15.7. The minimum atomic E-state index is -0.569. The number of carbonyl (C=O) groups is 2. The number of cyclic esters (lactones) is 1. The van der Waals surface area contributed by atoms with Crippen LogP contribution in [0.5, 0.6) is 0 Å². The first-order valence-electron chi connectivity index (χ1n) is 6.95. The third-order valence-corrected chi connectivity index (χ3v) is 3.61. The lowest BCUT2D eigenvalue weighted by molar-refractivity contribution is -0.125. The second-order valence-electron chi connectivity index (χ2n) is 5.12. The summed E-state index contributed by atoms with van der Waals surface area (Å²) < 4.78 is 24.0. The van der Waals surface area contributed by atoms with Crippen molar-refractivity contribution in [3.8, 4) is 0 Å². The molecule has 22 heavy (non-hydrogen) atoms. The van der Waals surface area contributed by atoms with E-state index in [0.29, 0.717) is 24.5 Å². The van der Waals surface area contributed by atoms with Gasteiger partial charge in [0.2, 0.25) is 0 Å². The van der Waals surface area contributed by atoms with E-state index in [0.717, 1.165) is 0 Å². The Labute approximate surface area is 126 Å². The van der Waals surface area contributed by atoms with Gasteiger partial charge in [-0.25, -0.2) is 9.18 Å². The molecule has 1 atom stereocenters. The van der Waals surface area contributed by atoms with Gasteiger partial charge in [0.25, 0.3) is 5.91 Å². The highest BCUT2D eigenvalue weighted by molar-refractivity contribution is 5.96. The summed E-state index contributed by atoms with van der Waals surface area (Å²) in [5, 5.41) is 0. The Balaban J connectivity index is 1.90. The van der Waals surface area contributed by atoms with Crippen molar-refractivity contribution in [2.24, 2.45) is 5.73 Å². The van der Waals surface area contributed by atoms with Crippen LogP contribution < -0.4 is 15.5 Å². The molecule has 2 saturated heterocycles. The highest BCUT2D eigenvalue weighted by Gasteiger charge is 2.32. The van der Waals surface area contributed by atoms with E-state index in [4.69, 9.17) is 15.2 Å². The number of amides is 2. The third-order valence-electron chi connectivity index (χ3n) is 3.61. The maximum atomic E-state index is 13.9. The Bertz CT molecular complexity index is 610. The highest BCUT2D eigenvalue weighted by Crippen LogP contribution is 2.28. The van der Waals surface area contributed by atoms with Gasteiger partial charge >= 0.3 is 6.09 Å². The van der Waals surface area contributed by atoms with E-state index in [1.165, 1.54) is 21.9 Å². The van der Waals surface area contributed by atoms with E-state index >= 15 is 0 Å². The number of hydrogen-bond acceptors (Lipinski definition) is 5. The van der Waals surface area contributed by atoms with Gasteiger partial charge in [0.15, 0.2) is 0 Å². The van der Waals surface area contributed by atoms with E-state index in [-0.39, 0.29) is 25.6 Å². The summed E-state index contributed by atoms with van der Waals surface area (Å²) in [4.78, 5) is 26.4. The van der Waals surface area contributed by atoms with Crippen LogP contribution in [0.15, 0.2) is 18.2 Å². The topological polar surface area (TPSA) is 85.1 Å². The van der Waals surface area contributed by atoms with Gasteiger partial charge in [-0.2, -0.15) is 0 Å². The predicted octanol–water partition coefficient (Wildman–Crippen LogP) is 0.473. The minimum Gasteiger partial charge on any atom is -0.443 e. The molecule has 1 aromatic carbocycles.